The molecule has 0 spiro atoms. The molecule has 2 unspecified atom stereocenters. The molecule has 78 valence electrons. The fourth-order valence-corrected chi connectivity index (χ4v) is 3.15. The molecule has 1 rings (SSSR count). The van der Waals surface area contributed by atoms with E-state index in [9.17, 15) is 13.2 Å². The van der Waals surface area contributed by atoms with Gasteiger partial charge >= 0.3 is 6.18 Å². The van der Waals surface area contributed by atoms with Gasteiger partial charge in [-0.05, 0) is 24.2 Å². The first-order valence-electron chi connectivity index (χ1n) is 4.84. The van der Waals surface area contributed by atoms with Crippen LogP contribution >= 0.6 is 0 Å². The van der Waals surface area contributed by atoms with Gasteiger partial charge in [0.05, 0.1) is 5.41 Å². The predicted octanol–water partition coefficient (Wildman–Crippen LogP) is 4.01. The first-order chi connectivity index (χ1) is 5.78. The number of rotatable bonds is 2. The fourth-order valence-electron chi connectivity index (χ4n) is 3.15. The van der Waals surface area contributed by atoms with Crippen LogP contribution in [0.3, 0.4) is 0 Å². The molecule has 0 amide bonds. The molecule has 1 aliphatic carbocycles. The van der Waals surface area contributed by atoms with Crippen molar-refractivity contribution in [2.24, 2.45) is 16.7 Å². The quantitative estimate of drug-likeness (QED) is 0.623. The van der Waals surface area contributed by atoms with E-state index in [1.165, 1.54) is 6.92 Å². The molecule has 0 bridgehead atoms. The number of hydrogen-bond acceptors (Lipinski definition) is 0. The zero-order valence-corrected chi connectivity index (χ0v) is 8.63. The summed E-state index contributed by atoms with van der Waals surface area (Å²) in [7, 11) is 0. The highest BCUT2D eigenvalue weighted by molar-refractivity contribution is 5.19. The molecule has 0 aromatic heterocycles. The van der Waals surface area contributed by atoms with E-state index in [2.05, 4.69) is 0 Å². The smallest absolute Gasteiger partial charge is 0.170 e. The Morgan fingerprint density at radius 3 is 1.62 bits per heavy atom. The molecular formula is C10H17F3. The second-order valence-corrected chi connectivity index (χ2v) is 4.29. The van der Waals surface area contributed by atoms with Crippen LogP contribution in [0.15, 0.2) is 0 Å². The van der Waals surface area contributed by atoms with Crippen LogP contribution in [0.4, 0.5) is 13.2 Å². The molecule has 0 saturated heterocycles. The molecule has 13 heavy (non-hydrogen) atoms. The summed E-state index contributed by atoms with van der Waals surface area (Å²) in [5.74, 6) is -0.227. The number of alkyl halides is 3. The van der Waals surface area contributed by atoms with Crippen molar-refractivity contribution in [1.29, 1.82) is 0 Å². The predicted molar refractivity (Wildman–Crippen MR) is 46.3 cm³/mol. The first kappa shape index (κ1) is 10.9. The SMILES string of the molecule is CCC1(CC)C(C)C1(C)C(F)(F)F. The van der Waals surface area contributed by atoms with Crippen LogP contribution in [0.1, 0.15) is 40.5 Å². The zero-order valence-electron chi connectivity index (χ0n) is 8.63. The molecule has 0 radical (unpaired) electrons. The van der Waals surface area contributed by atoms with Crippen LogP contribution in [0.25, 0.3) is 0 Å². The van der Waals surface area contributed by atoms with Crippen LogP contribution in [0.5, 0.6) is 0 Å². The standard InChI is InChI=1S/C10H17F3/c1-5-9(6-2)7(3)8(9,4)10(11,12)13/h7H,5-6H2,1-4H3. The van der Waals surface area contributed by atoms with Crippen LogP contribution in [-0.4, -0.2) is 6.18 Å². The lowest BCUT2D eigenvalue weighted by Crippen LogP contribution is -2.28. The van der Waals surface area contributed by atoms with E-state index in [4.69, 9.17) is 0 Å². The molecule has 1 fully saturated rings. The molecule has 1 aliphatic rings. The number of halogens is 3. The molecule has 1 saturated carbocycles. The van der Waals surface area contributed by atoms with Crippen molar-refractivity contribution in [3.05, 3.63) is 0 Å². The lowest BCUT2D eigenvalue weighted by Gasteiger charge is -2.22. The minimum absolute atomic E-state index is 0.227. The summed E-state index contributed by atoms with van der Waals surface area (Å²) in [6.45, 7) is 6.80. The summed E-state index contributed by atoms with van der Waals surface area (Å²) >= 11 is 0. The van der Waals surface area contributed by atoms with Gasteiger partial charge in [0.25, 0.3) is 0 Å². The Bertz CT molecular complexity index is 203. The Labute approximate surface area is 77.5 Å². The normalized spacial score (nSPS) is 37.6. The van der Waals surface area contributed by atoms with Crippen molar-refractivity contribution in [2.45, 2.75) is 46.7 Å². The van der Waals surface area contributed by atoms with E-state index in [1.54, 1.807) is 6.92 Å². The van der Waals surface area contributed by atoms with Gasteiger partial charge in [0, 0.05) is 0 Å². The van der Waals surface area contributed by atoms with Crippen molar-refractivity contribution >= 4 is 0 Å². The highest BCUT2D eigenvalue weighted by Crippen LogP contribution is 2.77. The highest BCUT2D eigenvalue weighted by atomic mass is 19.4. The van der Waals surface area contributed by atoms with Gasteiger partial charge < -0.3 is 0 Å². The van der Waals surface area contributed by atoms with E-state index in [-0.39, 0.29) is 5.92 Å². The van der Waals surface area contributed by atoms with Gasteiger partial charge in [-0.1, -0.05) is 27.7 Å². The molecule has 0 aromatic rings. The molecule has 0 nitrogen and oxygen atoms in total. The average molecular weight is 194 g/mol. The van der Waals surface area contributed by atoms with E-state index in [1.807, 2.05) is 13.8 Å². The third kappa shape index (κ3) is 0.990. The van der Waals surface area contributed by atoms with Gasteiger partial charge in [0.2, 0.25) is 0 Å². The van der Waals surface area contributed by atoms with Crippen molar-refractivity contribution in [3.63, 3.8) is 0 Å². The summed E-state index contributed by atoms with van der Waals surface area (Å²) < 4.78 is 38.2. The Kier molecular flexibility index (Phi) is 2.21. The van der Waals surface area contributed by atoms with Crippen LogP contribution < -0.4 is 0 Å². The maximum absolute atomic E-state index is 12.7. The lowest BCUT2D eigenvalue weighted by molar-refractivity contribution is -0.196. The van der Waals surface area contributed by atoms with Gasteiger partial charge in [0.15, 0.2) is 0 Å². The molecule has 2 atom stereocenters. The van der Waals surface area contributed by atoms with Gasteiger partial charge in [-0.15, -0.1) is 0 Å². The Morgan fingerprint density at radius 1 is 1.15 bits per heavy atom. The topological polar surface area (TPSA) is 0 Å². The van der Waals surface area contributed by atoms with E-state index in [0.29, 0.717) is 12.8 Å². The summed E-state index contributed by atoms with van der Waals surface area (Å²) in [5, 5.41) is 0. The average Bonchev–Trinajstić information content (AvgIpc) is 2.52. The van der Waals surface area contributed by atoms with Gasteiger partial charge in [-0.3, -0.25) is 0 Å². The fraction of sp³-hybridized carbons (Fsp3) is 1.00. The van der Waals surface area contributed by atoms with E-state index >= 15 is 0 Å². The minimum atomic E-state index is -4.04. The van der Waals surface area contributed by atoms with Crippen molar-refractivity contribution in [2.75, 3.05) is 0 Å². The number of hydrogen-bond donors (Lipinski definition) is 0. The van der Waals surface area contributed by atoms with Crippen molar-refractivity contribution < 1.29 is 13.2 Å². The molecule has 0 N–H and O–H groups in total. The van der Waals surface area contributed by atoms with Crippen molar-refractivity contribution in [1.82, 2.24) is 0 Å². The monoisotopic (exact) mass is 194 g/mol. The van der Waals surface area contributed by atoms with Gasteiger partial charge in [0.1, 0.15) is 0 Å². The zero-order chi connectivity index (χ0) is 10.5. The van der Waals surface area contributed by atoms with E-state index in [0.717, 1.165) is 0 Å². The largest absolute Gasteiger partial charge is 0.395 e. The molecular weight excluding hydrogens is 177 g/mol. The van der Waals surface area contributed by atoms with Crippen LogP contribution in [0, 0.1) is 16.7 Å². The molecule has 3 heteroatoms. The van der Waals surface area contributed by atoms with Crippen LogP contribution in [0.2, 0.25) is 0 Å². The lowest BCUT2D eigenvalue weighted by atomic mass is 9.89. The van der Waals surface area contributed by atoms with Crippen molar-refractivity contribution in [3.8, 4) is 0 Å². The summed E-state index contributed by atoms with van der Waals surface area (Å²) in [4.78, 5) is 0. The Hall–Kier alpha value is -0.210. The van der Waals surface area contributed by atoms with Gasteiger partial charge in [-0.2, -0.15) is 13.2 Å². The van der Waals surface area contributed by atoms with Crippen LogP contribution in [-0.2, 0) is 0 Å². The second kappa shape index (κ2) is 2.64. The molecule has 0 heterocycles. The third-order valence-corrected chi connectivity index (χ3v) is 4.50. The summed E-state index contributed by atoms with van der Waals surface area (Å²) in [6, 6.07) is 0. The Balaban J connectivity index is 2.98. The maximum Gasteiger partial charge on any atom is 0.395 e. The summed E-state index contributed by atoms with van der Waals surface area (Å²) in [6.07, 6.45) is -2.79. The van der Waals surface area contributed by atoms with Gasteiger partial charge in [-0.25, -0.2) is 0 Å². The summed E-state index contributed by atoms with van der Waals surface area (Å²) in [5.41, 5.74) is -1.94. The Morgan fingerprint density at radius 2 is 1.54 bits per heavy atom. The first-order valence-corrected chi connectivity index (χ1v) is 4.84. The minimum Gasteiger partial charge on any atom is -0.170 e. The molecule has 0 aromatic carbocycles. The van der Waals surface area contributed by atoms with E-state index < -0.39 is 17.0 Å². The second-order valence-electron chi connectivity index (χ2n) is 4.29. The maximum atomic E-state index is 12.7. The third-order valence-electron chi connectivity index (χ3n) is 4.50. The molecule has 0 aliphatic heterocycles. The highest BCUT2D eigenvalue weighted by Gasteiger charge is 2.80.